The fourth-order valence-electron chi connectivity index (χ4n) is 5.95. The molecular weight excluding hydrogens is 916 g/mol. The Morgan fingerprint density at radius 3 is 1.82 bits per heavy atom. The zero-order valence-electron chi connectivity index (χ0n) is 29.0. The van der Waals surface area contributed by atoms with Crippen molar-refractivity contribution < 1.29 is 29.4 Å². The van der Waals surface area contributed by atoms with E-state index in [-0.39, 0.29) is 25.0 Å². The minimum absolute atomic E-state index is 0. The van der Waals surface area contributed by atoms with E-state index in [1.807, 2.05) is 59.3 Å². The van der Waals surface area contributed by atoms with E-state index in [2.05, 4.69) is 103 Å². The number of carbonyl (C=O) groups is 1. The van der Waals surface area contributed by atoms with Gasteiger partial charge in [-0.1, -0.05) is 42.6 Å². The van der Waals surface area contributed by atoms with Crippen LogP contribution in [0.5, 0.6) is 0 Å². The second-order valence-corrected chi connectivity index (χ2v) is 15.9. The number of hydrogen-bond acceptors (Lipinski definition) is 11. The number of carboxylic acids is 1. The summed E-state index contributed by atoms with van der Waals surface area (Å²) in [5.74, 6) is -0.963. The maximum atomic E-state index is 10.7. The summed E-state index contributed by atoms with van der Waals surface area (Å²) in [4.78, 5) is 29.6. The van der Waals surface area contributed by atoms with Crippen LogP contribution in [-0.4, -0.2) is 45.9 Å². The van der Waals surface area contributed by atoms with Gasteiger partial charge in [0, 0.05) is 53.0 Å². The van der Waals surface area contributed by atoms with Crippen molar-refractivity contribution in [3.05, 3.63) is 149 Å². The van der Waals surface area contributed by atoms with Crippen LogP contribution in [0.3, 0.4) is 0 Å². The van der Waals surface area contributed by atoms with Crippen LogP contribution in [-0.2, 0) is 19.5 Å². The van der Waals surface area contributed by atoms with Gasteiger partial charge < -0.3 is 15.9 Å². The number of carboxylic acid groups (broad SMARTS) is 1. The minimum atomic E-state index is -0.963. The van der Waals surface area contributed by atoms with Crippen LogP contribution < -0.4 is 0 Å². The number of pyridine rings is 4. The Kier molecular flexibility index (Phi) is 13.9. The van der Waals surface area contributed by atoms with Gasteiger partial charge in [0.05, 0.1) is 45.6 Å². The SMILES string of the molecule is O=C(O)c1ccnc(-c2ccccn2)c1.[N-]=C=S.[N-]=C=S.[Ru+2].c1ccc(-c2cc3c4cc(-c5cc6sccc6s5)ccc4n(-c4cc5sccc5s4)c3cn2)nc1. The number of thiocarbonyl (C=S) groups is 2. The molecule has 0 aliphatic carbocycles. The van der Waals surface area contributed by atoms with Crippen molar-refractivity contribution in [3.8, 4) is 38.2 Å². The molecule has 1 aromatic carbocycles. The van der Waals surface area contributed by atoms with Crippen LogP contribution in [0, 0.1) is 0 Å². The smallest absolute Gasteiger partial charge is 0.753 e. The third-order valence-corrected chi connectivity index (χ3v) is 12.5. The first-order chi connectivity index (χ1) is 27.4. The van der Waals surface area contributed by atoms with Gasteiger partial charge in [0.1, 0.15) is 5.00 Å². The second-order valence-electron chi connectivity index (χ2n) is 11.5. The molecule has 0 atom stereocenters. The molecule has 9 aromatic heterocycles. The van der Waals surface area contributed by atoms with E-state index < -0.39 is 5.97 Å². The summed E-state index contributed by atoms with van der Waals surface area (Å²) in [5.41, 5.74) is 6.82. The number of aromatic carboxylic acids is 1. The first-order valence-corrected chi connectivity index (χ1v) is 20.6. The van der Waals surface area contributed by atoms with E-state index >= 15 is 0 Å². The maximum Gasteiger partial charge on any atom is 2.00 e. The number of hydrogen-bond donors (Lipinski definition) is 1. The molecule has 9 heterocycles. The summed E-state index contributed by atoms with van der Waals surface area (Å²) >= 11 is 14.7. The molecular formula is C41H23N7O2RuS6. The summed E-state index contributed by atoms with van der Waals surface area (Å²) in [6.07, 6.45) is 6.94. The number of fused-ring (bicyclic) bond motifs is 5. The quantitative estimate of drug-likeness (QED) is 0.102. The Morgan fingerprint density at radius 2 is 1.23 bits per heavy atom. The zero-order valence-corrected chi connectivity index (χ0v) is 35.6. The van der Waals surface area contributed by atoms with Crippen LogP contribution in [0.15, 0.2) is 133 Å². The first kappa shape index (κ1) is 41.3. The van der Waals surface area contributed by atoms with Crippen LogP contribution in [0.25, 0.3) is 89.6 Å². The molecule has 9 nitrogen and oxygen atoms in total. The first-order valence-electron chi connectivity index (χ1n) is 16.4. The molecule has 0 saturated heterocycles. The molecule has 0 aliphatic heterocycles. The fourth-order valence-corrected chi connectivity index (χ4v) is 10.2. The van der Waals surface area contributed by atoms with Gasteiger partial charge in [-0.25, -0.2) is 4.79 Å². The van der Waals surface area contributed by atoms with E-state index in [0.717, 1.165) is 16.9 Å². The molecule has 0 amide bonds. The van der Waals surface area contributed by atoms with Gasteiger partial charge in [-0.3, -0.25) is 24.5 Å². The topological polar surface area (TPSA) is 138 Å². The third kappa shape index (κ3) is 9.11. The molecule has 16 heteroatoms. The Hall–Kier alpha value is -5.37. The third-order valence-electron chi connectivity index (χ3n) is 8.28. The molecule has 0 spiro atoms. The molecule has 1 N–H and O–H groups in total. The van der Waals surface area contributed by atoms with Gasteiger partial charge in [-0.15, -0.1) is 45.3 Å². The number of rotatable bonds is 5. The van der Waals surface area contributed by atoms with Crippen LogP contribution in [0.1, 0.15) is 10.4 Å². The fraction of sp³-hybridized carbons (Fsp3) is 0. The van der Waals surface area contributed by atoms with Gasteiger partial charge in [-0.05, 0) is 95.2 Å². The summed E-state index contributed by atoms with van der Waals surface area (Å²) in [5, 5.41) is 33.7. The molecule has 278 valence electrons. The van der Waals surface area contributed by atoms with E-state index in [1.165, 1.54) is 79.2 Å². The zero-order chi connectivity index (χ0) is 39.0. The average molecular weight is 939 g/mol. The van der Waals surface area contributed by atoms with E-state index in [0.29, 0.717) is 11.4 Å². The molecule has 10 rings (SSSR count). The molecule has 0 radical (unpaired) electrons. The number of thiophene rings is 4. The predicted octanol–water partition coefficient (Wildman–Crippen LogP) is 12.6. The Balaban J connectivity index is 0.000000209. The van der Waals surface area contributed by atoms with E-state index in [9.17, 15) is 4.79 Å². The van der Waals surface area contributed by atoms with Gasteiger partial charge >= 0.3 is 25.4 Å². The largest absolute Gasteiger partial charge is 2.00 e. The maximum absolute atomic E-state index is 10.7. The van der Waals surface area contributed by atoms with Gasteiger partial charge in [-0.2, -0.15) is 10.3 Å². The van der Waals surface area contributed by atoms with Crippen LogP contribution in [0.2, 0.25) is 0 Å². The molecule has 57 heavy (non-hydrogen) atoms. The van der Waals surface area contributed by atoms with Crippen molar-refractivity contribution in [2.45, 2.75) is 0 Å². The van der Waals surface area contributed by atoms with Gasteiger partial charge in [0.15, 0.2) is 0 Å². The average Bonchev–Trinajstić information content (AvgIpc) is 4.06. The molecule has 0 saturated carbocycles. The van der Waals surface area contributed by atoms with Gasteiger partial charge in [0.2, 0.25) is 0 Å². The summed E-state index contributed by atoms with van der Waals surface area (Å²) in [7, 11) is 0. The second kappa shape index (κ2) is 19.2. The summed E-state index contributed by atoms with van der Waals surface area (Å²) in [6.45, 7) is 0. The Labute approximate surface area is 364 Å². The number of aromatic nitrogens is 5. The van der Waals surface area contributed by atoms with Crippen molar-refractivity contribution >= 4 is 127 Å². The summed E-state index contributed by atoms with van der Waals surface area (Å²) in [6, 6.07) is 32.5. The monoisotopic (exact) mass is 939 g/mol. The predicted molar refractivity (Wildman–Crippen MR) is 240 cm³/mol. The molecule has 0 bridgehead atoms. The van der Waals surface area contributed by atoms with Crippen molar-refractivity contribution in [3.63, 3.8) is 0 Å². The minimum Gasteiger partial charge on any atom is -0.753 e. The van der Waals surface area contributed by atoms with Crippen molar-refractivity contribution in [2.75, 3.05) is 0 Å². The van der Waals surface area contributed by atoms with E-state index in [4.69, 9.17) is 20.9 Å². The number of nitrogens with zero attached hydrogens (tertiary/aromatic N) is 7. The number of benzene rings is 1. The standard InChI is InChI=1S/C28H15N3S4.C11H8N2O2.2CNS.Ru/c1-2-8-29-19(3-1)20-12-18-17-11-16(25-13-26-23(34-25)6-9-32-26)4-5-21(17)31(22(18)15-30-20)28-14-27-24(35-28)7-10-33-27;14-11(15)8-4-6-13-10(7-8)9-3-1-2-5-12-9;2*2-1-3;/h1-15H;1-7H,(H,14,15);;;/q;;2*-1;+2. The number of isothiocyanates is 2. The van der Waals surface area contributed by atoms with Crippen molar-refractivity contribution in [1.82, 2.24) is 24.5 Å². The molecule has 10 aromatic rings. The van der Waals surface area contributed by atoms with Crippen molar-refractivity contribution in [1.29, 1.82) is 0 Å². The van der Waals surface area contributed by atoms with Crippen molar-refractivity contribution in [2.24, 2.45) is 0 Å². The van der Waals surface area contributed by atoms with Gasteiger partial charge in [0.25, 0.3) is 0 Å². The van der Waals surface area contributed by atoms with Crippen LogP contribution >= 0.6 is 69.8 Å². The normalized spacial score (nSPS) is 10.2. The summed E-state index contributed by atoms with van der Waals surface area (Å²) < 4.78 is 7.73. The Bertz CT molecular complexity index is 2960. The molecule has 0 unspecified atom stereocenters. The molecule has 0 fully saturated rings. The molecule has 0 aliphatic rings. The Morgan fingerprint density at radius 1 is 0.632 bits per heavy atom. The van der Waals surface area contributed by atoms with E-state index in [1.54, 1.807) is 41.0 Å². The van der Waals surface area contributed by atoms with Crippen LogP contribution in [0.4, 0.5) is 0 Å².